The highest BCUT2D eigenvalue weighted by atomic mass is 32.2. The van der Waals surface area contributed by atoms with Gasteiger partial charge in [-0.15, -0.1) is 0 Å². The molecule has 0 radical (unpaired) electrons. The maximum atomic E-state index is 12.4. The molecule has 0 fully saturated rings. The van der Waals surface area contributed by atoms with Crippen LogP contribution in [-0.4, -0.2) is 16.8 Å². The number of unbranched alkanes of at least 4 members (excludes halogenated alkanes) is 1. The minimum Gasteiger partial charge on any atom is -0.280 e. The third kappa shape index (κ3) is 4.80. The van der Waals surface area contributed by atoms with Crippen molar-refractivity contribution in [2.24, 2.45) is 5.14 Å². The van der Waals surface area contributed by atoms with Crippen LogP contribution >= 0.6 is 0 Å². The van der Waals surface area contributed by atoms with Crippen molar-refractivity contribution in [1.82, 2.24) is 0 Å². The van der Waals surface area contributed by atoms with E-state index in [1.165, 1.54) is 24.3 Å². The first-order valence-electron chi connectivity index (χ1n) is 7.47. The molecule has 0 amide bonds. The second kappa shape index (κ2) is 7.33. The summed E-state index contributed by atoms with van der Waals surface area (Å²) in [4.78, 5) is 0.0731. The van der Waals surface area contributed by atoms with Gasteiger partial charge in [0.1, 0.15) is 0 Å². The Hall–Kier alpha value is -1.90. The van der Waals surface area contributed by atoms with Crippen LogP contribution in [0.1, 0.15) is 25.3 Å². The predicted molar refractivity (Wildman–Crippen MR) is 93.7 cm³/mol. The summed E-state index contributed by atoms with van der Waals surface area (Å²) in [5.41, 5.74) is 1.35. The van der Waals surface area contributed by atoms with E-state index in [2.05, 4.69) is 11.6 Å². The molecule has 0 aromatic heterocycles. The molecule has 130 valence electrons. The van der Waals surface area contributed by atoms with E-state index in [9.17, 15) is 16.8 Å². The highest BCUT2D eigenvalue weighted by Gasteiger charge is 2.15. The zero-order valence-electron chi connectivity index (χ0n) is 13.3. The first kappa shape index (κ1) is 18.4. The minimum atomic E-state index is -3.81. The molecule has 0 aliphatic rings. The third-order valence-electron chi connectivity index (χ3n) is 3.49. The summed E-state index contributed by atoms with van der Waals surface area (Å²) in [5, 5.41) is 5.01. The summed E-state index contributed by atoms with van der Waals surface area (Å²) >= 11 is 0. The van der Waals surface area contributed by atoms with E-state index in [1.807, 2.05) is 0 Å². The Kier molecular flexibility index (Phi) is 5.63. The molecule has 2 aromatic carbocycles. The van der Waals surface area contributed by atoms with Gasteiger partial charge in [0.15, 0.2) is 0 Å². The Morgan fingerprint density at radius 2 is 1.42 bits per heavy atom. The van der Waals surface area contributed by atoms with E-state index in [0.717, 1.165) is 24.8 Å². The molecule has 0 bridgehead atoms. The lowest BCUT2D eigenvalue weighted by Crippen LogP contribution is -2.14. The molecule has 0 unspecified atom stereocenters. The molecule has 3 N–H and O–H groups in total. The monoisotopic (exact) mass is 368 g/mol. The van der Waals surface area contributed by atoms with Gasteiger partial charge in [0, 0.05) is 5.69 Å². The molecule has 24 heavy (non-hydrogen) atoms. The van der Waals surface area contributed by atoms with Crippen LogP contribution < -0.4 is 9.86 Å². The van der Waals surface area contributed by atoms with Crippen molar-refractivity contribution < 1.29 is 16.8 Å². The van der Waals surface area contributed by atoms with Gasteiger partial charge in [0.05, 0.1) is 9.79 Å². The smallest absolute Gasteiger partial charge is 0.261 e. The Labute approximate surface area is 142 Å². The van der Waals surface area contributed by atoms with Crippen LogP contribution in [0.25, 0.3) is 0 Å². The van der Waals surface area contributed by atoms with Crippen LogP contribution in [0.5, 0.6) is 0 Å². The van der Waals surface area contributed by atoms with Crippen LogP contribution in [0.4, 0.5) is 5.69 Å². The number of nitrogens with two attached hydrogens (primary N) is 1. The highest BCUT2D eigenvalue weighted by molar-refractivity contribution is 7.92. The fourth-order valence-corrected chi connectivity index (χ4v) is 3.72. The molecule has 0 spiro atoms. The number of benzene rings is 2. The van der Waals surface area contributed by atoms with E-state index in [-0.39, 0.29) is 15.5 Å². The van der Waals surface area contributed by atoms with Crippen LogP contribution in [0.15, 0.2) is 58.3 Å². The van der Waals surface area contributed by atoms with Crippen LogP contribution in [0.2, 0.25) is 0 Å². The fraction of sp³-hybridized carbons (Fsp3) is 0.250. The van der Waals surface area contributed by atoms with Crippen LogP contribution in [0, 0.1) is 0 Å². The molecule has 0 atom stereocenters. The summed E-state index contributed by atoms with van der Waals surface area (Å²) in [6, 6.07) is 11.9. The average Bonchev–Trinajstić information content (AvgIpc) is 2.52. The zero-order chi connectivity index (χ0) is 17.8. The second-order valence-corrected chi connectivity index (χ2v) is 8.67. The van der Waals surface area contributed by atoms with Crippen molar-refractivity contribution in [3.8, 4) is 0 Å². The Morgan fingerprint density at radius 1 is 0.875 bits per heavy atom. The van der Waals surface area contributed by atoms with Gasteiger partial charge in [-0.25, -0.2) is 22.0 Å². The third-order valence-corrected chi connectivity index (χ3v) is 5.81. The summed E-state index contributed by atoms with van der Waals surface area (Å²) < 4.78 is 49.5. The summed E-state index contributed by atoms with van der Waals surface area (Å²) in [5.74, 6) is 0. The van der Waals surface area contributed by atoms with Crippen LogP contribution in [0.3, 0.4) is 0 Å². The van der Waals surface area contributed by atoms with Crippen molar-refractivity contribution in [3.05, 3.63) is 54.1 Å². The number of sulfonamides is 2. The molecular weight excluding hydrogens is 348 g/mol. The van der Waals surface area contributed by atoms with E-state index >= 15 is 0 Å². The summed E-state index contributed by atoms with van der Waals surface area (Å²) in [6.07, 6.45) is 3.05. The zero-order valence-corrected chi connectivity index (χ0v) is 14.9. The molecule has 2 rings (SSSR count). The lowest BCUT2D eigenvalue weighted by Gasteiger charge is -2.09. The van der Waals surface area contributed by atoms with Crippen molar-refractivity contribution in [2.75, 3.05) is 4.72 Å². The largest absolute Gasteiger partial charge is 0.280 e. The molecule has 6 nitrogen and oxygen atoms in total. The molecule has 0 saturated heterocycles. The maximum Gasteiger partial charge on any atom is 0.261 e. The van der Waals surface area contributed by atoms with E-state index in [0.29, 0.717) is 0 Å². The molecule has 8 heteroatoms. The summed E-state index contributed by atoms with van der Waals surface area (Å²) in [7, 11) is -7.53. The van der Waals surface area contributed by atoms with Crippen molar-refractivity contribution in [2.45, 2.75) is 36.0 Å². The maximum absolute atomic E-state index is 12.4. The van der Waals surface area contributed by atoms with Gasteiger partial charge >= 0.3 is 0 Å². The molecule has 0 aliphatic carbocycles. The normalized spacial score (nSPS) is 12.1. The van der Waals surface area contributed by atoms with Crippen molar-refractivity contribution >= 4 is 25.7 Å². The van der Waals surface area contributed by atoms with E-state index in [4.69, 9.17) is 5.14 Å². The number of hydrogen-bond acceptors (Lipinski definition) is 4. The first-order valence-corrected chi connectivity index (χ1v) is 10.5. The number of anilines is 1. The minimum absolute atomic E-state index is 0.0780. The van der Waals surface area contributed by atoms with Gasteiger partial charge in [0.2, 0.25) is 10.0 Å². The second-order valence-electron chi connectivity index (χ2n) is 5.42. The van der Waals surface area contributed by atoms with Gasteiger partial charge in [-0.2, -0.15) is 0 Å². The quantitative estimate of drug-likeness (QED) is 0.783. The van der Waals surface area contributed by atoms with Gasteiger partial charge in [-0.3, -0.25) is 4.72 Å². The number of nitrogens with one attached hydrogen (secondary N) is 1. The number of rotatable bonds is 7. The first-order chi connectivity index (χ1) is 11.2. The number of primary sulfonamides is 1. The van der Waals surface area contributed by atoms with Gasteiger partial charge in [-0.05, 0) is 54.8 Å². The van der Waals surface area contributed by atoms with E-state index in [1.54, 1.807) is 24.3 Å². The average molecular weight is 368 g/mol. The lowest BCUT2D eigenvalue weighted by atomic mass is 10.1. The molecule has 2 aromatic rings. The molecule has 0 aliphatic heterocycles. The Balaban J connectivity index is 2.16. The number of aryl methyl sites for hydroxylation is 1. The number of hydrogen-bond donors (Lipinski definition) is 2. The Bertz CT molecular complexity index is 888. The fourth-order valence-electron chi connectivity index (χ4n) is 2.14. The Morgan fingerprint density at radius 3 is 1.92 bits per heavy atom. The van der Waals surface area contributed by atoms with Crippen molar-refractivity contribution in [1.29, 1.82) is 0 Å². The lowest BCUT2D eigenvalue weighted by molar-refractivity contribution is 0.597. The van der Waals surface area contributed by atoms with E-state index < -0.39 is 20.0 Å². The molecule has 0 saturated carbocycles. The standard InChI is InChI=1S/C16H20N2O4S2/c1-2-3-4-13-5-9-16(10-6-13)24(21,22)18-14-7-11-15(12-8-14)23(17,19)20/h5-12,18H,2-4H2,1H3,(H2,17,19,20). The van der Waals surface area contributed by atoms with Crippen LogP contribution in [-0.2, 0) is 26.5 Å². The molecule has 0 heterocycles. The summed E-state index contributed by atoms with van der Waals surface area (Å²) in [6.45, 7) is 2.10. The topological polar surface area (TPSA) is 106 Å². The SMILES string of the molecule is CCCCc1ccc(S(=O)(=O)Nc2ccc(S(N)(=O)=O)cc2)cc1. The molecular formula is C16H20N2O4S2. The highest BCUT2D eigenvalue weighted by Crippen LogP contribution is 2.19. The van der Waals surface area contributed by atoms with Gasteiger partial charge in [0.25, 0.3) is 10.0 Å². The predicted octanol–water partition coefficient (Wildman–Crippen LogP) is 2.48. The van der Waals surface area contributed by atoms with Gasteiger partial charge in [-0.1, -0.05) is 25.5 Å². The van der Waals surface area contributed by atoms with Crippen molar-refractivity contribution in [3.63, 3.8) is 0 Å². The van der Waals surface area contributed by atoms with Gasteiger partial charge < -0.3 is 0 Å².